The molecule has 0 unspecified atom stereocenters. The summed E-state index contributed by atoms with van der Waals surface area (Å²) in [5.74, 6) is -0.0874. The zero-order valence-corrected chi connectivity index (χ0v) is 10.8. The van der Waals surface area contributed by atoms with Crippen molar-refractivity contribution in [2.45, 2.75) is 51.6 Å². The lowest BCUT2D eigenvalue weighted by Gasteiger charge is -2.22. The van der Waals surface area contributed by atoms with Gasteiger partial charge in [-0.2, -0.15) is 0 Å². The van der Waals surface area contributed by atoms with Gasteiger partial charge in [0.05, 0.1) is 8.07 Å². The fourth-order valence-electron chi connectivity index (χ4n) is 1.64. The number of carbonyl (C=O) groups excluding carboxylic acids is 1. The SMILES string of the molecule is CC(C)(C)OC(=O)[C@@H]1C[Si](C)(C)CN1. The molecule has 1 aliphatic heterocycles. The number of ether oxygens (including phenoxy) is 1. The Morgan fingerprint density at radius 1 is 1.43 bits per heavy atom. The maximum absolute atomic E-state index is 11.7. The Morgan fingerprint density at radius 2 is 2.00 bits per heavy atom. The van der Waals surface area contributed by atoms with Crippen LogP contribution in [0.4, 0.5) is 0 Å². The molecule has 1 rings (SSSR count). The van der Waals surface area contributed by atoms with Crippen LogP contribution in [0.2, 0.25) is 19.1 Å². The lowest BCUT2D eigenvalue weighted by Crippen LogP contribution is -2.36. The number of nitrogens with one attached hydrogen (secondary N) is 1. The van der Waals surface area contributed by atoms with Crippen LogP contribution in [0, 0.1) is 0 Å². The third-order valence-electron chi connectivity index (χ3n) is 2.28. The van der Waals surface area contributed by atoms with E-state index in [-0.39, 0.29) is 17.6 Å². The first kappa shape index (κ1) is 11.7. The number of hydrogen-bond donors (Lipinski definition) is 1. The Bertz CT molecular complexity index is 233. The molecule has 0 spiro atoms. The fraction of sp³-hybridized carbons (Fsp3) is 0.900. The summed E-state index contributed by atoms with van der Waals surface area (Å²) in [6.07, 6.45) is 1.02. The van der Waals surface area contributed by atoms with E-state index in [1.165, 1.54) is 0 Å². The molecule has 1 atom stereocenters. The highest BCUT2D eigenvalue weighted by Crippen LogP contribution is 2.20. The van der Waals surface area contributed by atoms with Crippen molar-refractivity contribution in [2.75, 3.05) is 6.17 Å². The maximum Gasteiger partial charge on any atom is 0.323 e. The average Bonchev–Trinajstić information content (AvgIpc) is 2.26. The fourth-order valence-corrected chi connectivity index (χ4v) is 4.00. The van der Waals surface area contributed by atoms with E-state index >= 15 is 0 Å². The highest BCUT2D eigenvalue weighted by molar-refractivity contribution is 6.78. The zero-order chi connectivity index (χ0) is 11.0. The van der Waals surface area contributed by atoms with Crippen LogP contribution in [-0.2, 0) is 9.53 Å². The molecule has 3 nitrogen and oxygen atoms in total. The molecule has 4 heteroatoms. The van der Waals surface area contributed by atoms with E-state index in [1.54, 1.807) is 0 Å². The molecular formula is C10H21NO2Si. The first-order valence-corrected chi connectivity index (χ1v) is 8.57. The summed E-state index contributed by atoms with van der Waals surface area (Å²) in [4.78, 5) is 11.7. The lowest BCUT2D eigenvalue weighted by atomic mass is 10.2. The van der Waals surface area contributed by atoms with Crippen molar-refractivity contribution in [1.29, 1.82) is 0 Å². The summed E-state index contributed by atoms with van der Waals surface area (Å²) < 4.78 is 5.34. The van der Waals surface area contributed by atoms with E-state index < -0.39 is 8.07 Å². The smallest absolute Gasteiger partial charge is 0.323 e. The predicted molar refractivity (Wildman–Crippen MR) is 59.9 cm³/mol. The summed E-state index contributed by atoms with van der Waals surface area (Å²) in [6, 6.07) is 0.943. The molecule has 1 aliphatic rings. The van der Waals surface area contributed by atoms with Crippen molar-refractivity contribution in [1.82, 2.24) is 5.32 Å². The summed E-state index contributed by atoms with van der Waals surface area (Å²) in [7, 11) is -1.15. The standard InChI is InChI=1S/C10H21NO2Si/c1-10(2,3)13-9(12)8-6-14(4,5)7-11-8/h8,11H,6-7H2,1-5H3/t8-/m0/s1. The third kappa shape index (κ3) is 3.42. The van der Waals surface area contributed by atoms with Gasteiger partial charge >= 0.3 is 5.97 Å². The normalized spacial score (nSPS) is 26.2. The molecule has 1 heterocycles. The van der Waals surface area contributed by atoms with Crippen molar-refractivity contribution < 1.29 is 9.53 Å². The van der Waals surface area contributed by atoms with Crippen LogP contribution in [0.25, 0.3) is 0 Å². The first-order valence-electron chi connectivity index (χ1n) is 5.16. The number of esters is 1. The molecule has 0 aromatic rings. The van der Waals surface area contributed by atoms with Crippen LogP contribution in [0.3, 0.4) is 0 Å². The highest BCUT2D eigenvalue weighted by atomic mass is 28.3. The van der Waals surface area contributed by atoms with E-state index in [1.807, 2.05) is 20.8 Å². The molecule has 1 saturated heterocycles. The second-order valence-electron chi connectivity index (χ2n) is 5.84. The molecule has 0 saturated carbocycles. The van der Waals surface area contributed by atoms with E-state index in [9.17, 15) is 4.79 Å². The van der Waals surface area contributed by atoms with Gasteiger partial charge in [0.2, 0.25) is 0 Å². The Labute approximate surface area is 87.2 Å². The molecule has 1 N–H and O–H groups in total. The van der Waals surface area contributed by atoms with Crippen molar-refractivity contribution >= 4 is 14.0 Å². The van der Waals surface area contributed by atoms with Gasteiger partial charge in [0.25, 0.3) is 0 Å². The van der Waals surface area contributed by atoms with Crippen LogP contribution in [0.15, 0.2) is 0 Å². The maximum atomic E-state index is 11.7. The monoisotopic (exact) mass is 215 g/mol. The zero-order valence-electron chi connectivity index (χ0n) is 9.81. The second-order valence-corrected chi connectivity index (χ2v) is 10.9. The van der Waals surface area contributed by atoms with Gasteiger partial charge in [0.15, 0.2) is 0 Å². The van der Waals surface area contributed by atoms with Crippen LogP contribution < -0.4 is 5.32 Å². The van der Waals surface area contributed by atoms with Gasteiger partial charge in [-0.05, 0) is 33.0 Å². The van der Waals surface area contributed by atoms with Crippen molar-refractivity contribution in [2.24, 2.45) is 0 Å². The van der Waals surface area contributed by atoms with E-state index in [0.717, 1.165) is 12.2 Å². The first-order chi connectivity index (χ1) is 6.20. The third-order valence-corrected chi connectivity index (χ3v) is 4.95. The van der Waals surface area contributed by atoms with E-state index in [0.29, 0.717) is 0 Å². The van der Waals surface area contributed by atoms with E-state index in [4.69, 9.17) is 4.74 Å². The van der Waals surface area contributed by atoms with Gasteiger partial charge in [0, 0.05) is 0 Å². The van der Waals surface area contributed by atoms with Crippen molar-refractivity contribution in [3.05, 3.63) is 0 Å². The summed E-state index contributed by atoms with van der Waals surface area (Å²) >= 11 is 0. The Balaban J connectivity index is 2.48. The molecular weight excluding hydrogens is 194 g/mol. The largest absolute Gasteiger partial charge is 0.459 e. The molecule has 14 heavy (non-hydrogen) atoms. The number of rotatable bonds is 1. The Morgan fingerprint density at radius 3 is 2.36 bits per heavy atom. The Hall–Kier alpha value is -0.353. The van der Waals surface area contributed by atoms with Gasteiger partial charge in [0.1, 0.15) is 11.6 Å². The lowest BCUT2D eigenvalue weighted by molar-refractivity contribution is -0.156. The minimum Gasteiger partial charge on any atom is -0.459 e. The topological polar surface area (TPSA) is 38.3 Å². The number of carbonyl (C=O) groups is 1. The summed E-state index contributed by atoms with van der Waals surface area (Å²) in [5.41, 5.74) is -0.368. The van der Waals surface area contributed by atoms with Gasteiger partial charge in [-0.3, -0.25) is 4.79 Å². The summed E-state index contributed by atoms with van der Waals surface area (Å²) in [5, 5.41) is 3.26. The Kier molecular flexibility index (Phi) is 3.06. The van der Waals surface area contributed by atoms with Crippen LogP contribution >= 0.6 is 0 Å². The highest BCUT2D eigenvalue weighted by Gasteiger charge is 2.38. The number of hydrogen-bond acceptors (Lipinski definition) is 3. The van der Waals surface area contributed by atoms with Gasteiger partial charge < -0.3 is 10.1 Å². The molecule has 1 fully saturated rings. The molecule has 0 aromatic carbocycles. The van der Waals surface area contributed by atoms with Crippen LogP contribution in [0.5, 0.6) is 0 Å². The van der Waals surface area contributed by atoms with Crippen LogP contribution in [-0.4, -0.2) is 31.9 Å². The quantitative estimate of drug-likeness (QED) is 0.533. The minimum absolute atomic E-state index is 0.0594. The molecule has 0 bridgehead atoms. The van der Waals surface area contributed by atoms with Gasteiger partial charge in [-0.15, -0.1) is 0 Å². The molecule has 0 radical (unpaired) electrons. The van der Waals surface area contributed by atoms with Crippen molar-refractivity contribution in [3.63, 3.8) is 0 Å². The predicted octanol–water partition coefficient (Wildman–Crippen LogP) is 1.55. The summed E-state index contributed by atoms with van der Waals surface area (Å²) in [6.45, 7) is 10.3. The molecule has 82 valence electrons. The second kappa shape index (κ2) is 3.66. The van der Waals surface area contributed by atoms with Gasteiger partial charge in [-0.25, -0.2) is 0 Å². The minimum atomic E-state index is -1.15. The average molecular weight is 215 g/mol. The molecule has 0 aromatic heterocycles. The van der Waals surface area contributed by atoms with E-state index in [2.05, 4.69) is 18.4 Å². The molecule has 0 aliphatic carbocycles. The van der Waals surface area contributed by atoms with Gasteiger partial charge in [-0.1, -0.05) is 13.1 Å². The molecule has 0 amide bonds. The van der Waals surface area contributed by atoms with Crippen molar-refractivity contribution in [3.8, 4) is 0 Å². The van der Waals surface area contributed by atoms with Crippen LogP contribution in [0.1, 0.15) is 20.8 Å².